The Morgan fingerprint density at radius 2 is 2.15 bits per heavy atom. The van der Waals surface area contributed by atoms with Crippen molar-refractivity contribution >= 4 is 17.3 Å². The molecule has 13 heavy (non-hydrogen) atoms. The van der Waals surface area contributed by atoms with Gasteiger partial charge < -0.3 is 5.32 Å². The molecule has 1 rings (SSSR count). The maximum absolute atomic E-state index is 5.70. The van der Waals surface area contributed by atoms with Crippen LogP contribution in [-0.2, 0) is 0 Å². The lowest BCUT2D eigenvalue weighted by molar-refractivity contribution is 0.671. The Kier molecular flexibility index (Phi) is 3.96. The minimum absolute atomic E-state index is 0.427. The summed E-state index contributed by atoms with van der Waals surface area (Å²) in [7, 11) is 0. The van der Waals surface area contributed by atoms with Gasteiger partial charge in [0.25, 0.3) is 0 Å². The van der Waals surface area contributed by atoms with Crippen molar-refractivity contribution in [3.8, 4) is 0 Å². The van der Waals surface area contributed by atoms with Crippen molar-refractivity contribution < 1.29 is 0 Å². The summed E-state index contributed by atoms with van der Waals surface area (Å²) in [6, 6.07) is 2.27. The van der Waals surface area contributed by atoms with E-state index in [1.165, 1.54) is 0 Å². The first kappa shape index (κ1) is 10.3. The molecular formula is C9H14ClN3. The highest BCUT2D eigenvalue weighted by Crippen LogP contribution is 2.13. The second kappa shape index (κ2) is 5.02. The third kappa shape index (κ3) is 3.19. The largest absolute Gasteiger partial charge is 0.381 e. The lowest BCUT2D eigenvalue weighted by Crippen LogP contribution is -2.17. The SMILES string of the molecule is CCC(CC)Nc1cnnc(Cl)c1. The van der Waals surface area contributed by atoms with E-state index in [0.29, 0.717) is 11.2 Å². The summed E-state index contributed by atoms with van der Waals surface area (Å²) in [5.74, 6) is 0. The van der Waals surface area contributed by atoms with Gasteiger partial charge in [0, 0.05) is 12.1 Å². The van der Waals surface area contributed by atoms with Gasteiger partial charge in [0.1, 0.15) is 0 Å². The Morgan fingerprint density at radius 1 is 1.46 bits per heavy atom. The van der Waals surface area contributed by atoms with Gasteiger partial charge >= 0.3 is 0 Å². The fourth-order valence-corrected chi connectivity index (χ4v) is 1.31. The third-order valence-electron chi connectivity index (χ3n) is 1.98. The Bertz CT molecular complexity index is 261. The molecule has 0 aliphatic heterocycles. The van der Waals surface area contributed by atoms with Crippen LogP contribution in [-0.4, -0.2) is 16.2 Å². The molecule has 0 saturated carbocycles. The van der Waals surface area contributed by atoms with Gasteiger partial charge in [-0.3, -0.25) is 0 Å². The van der Waals surface area contributed by atoms with Crippen molar-refractivity contribution in [3.63, 3.8) is 0 Å². The third-order valence-corrected chi connectivity index (χ3v) is 2.17. The van der Waals surface area contributed by atoms with Gasteiger partial charge in [0.15, 0.2) is 5.15 Å². The summed E-state index contributed by atoms with van der Waals surface area (Å²) in [4.78, 5) is 0. The van der Waals surface area contributed by atoms with E-state index >= 15 is 0 Å². The van der Waals surface area contributed by atoms with Crippen molar-refractivity contribution in [3.05, 3.63) is 17.4 Å². The monoisotopic (exact) mass is 199 g/mol. The van der Waals surface area contributed by atoms with Crippen LogP contribution in [0.2, 0.25) is 5.15 Å². The Labute approximate surface area is 83.5 Å². The Balaban J connectivity index is 2.62. The summed E-state index contributed by atoms with van der Waals surface area (Å²) < 4.78 is 0. The zero-order chi connectivity index (χ0) is 9.68. The van der Waals surface area contributed by atoms with Crippen LogP contribution in [0.3, 0.4) is 0 Å². The number of hydrogen-bond acceptors (Lipinski definition) is 3. The summed E-state index contributed by atoms with van der Waals surface area (Å²) in [5, 5.41) is 11.2. The van der Waals surface area contributed by atoms with Crippen molar-refractivity contribution in [2.45, 2.75) is 32.7 Å². The average Bonchev–Trinajstić information content (AvgIpc) is 2.14. The van der Waals surface area contributed by atoms with Crippen molar-refractivity contribution in [2.75, 3.05) is 5.32 Å². The van der Waals surface area contributed by atoms with E-state index in [-0.39, 0.29) is 0 Å². The number of nitrogens with zero attached hydrogens (tertiary/aromatic N) is 2. The van der Waals surface area contributed by atoms with Gasteiger partial charge in [-0.2, -0.15) is 5.10 Å². The maximum atomic E-state index is 5.70. The van der Waals surface area contributed by atoms with Crippen LogP contribution in [0.1, 0.15) is 26.7 Å². The molecule has 0 saturated heterocycles. The number of anilines is 1. The fourth-order valence-electron chi connectivity index (χ4n) is 1.15. The molecule has 0 fully saturated rings. The minimum Gasteiger partial charge on any atom is -0.381 e. The van der Waals surface area contributed by atoms with Crippen LogP contribution in [0.15, 0.2) is 12.3 Å². The number of hydrogen-bond donors (Lipinski definition) is 1. The van der Waals surface area contributed by atoms with Crippen LogP contribution in [0.4, 0.5) is 5.69 Å². The van der Waals surface area contributed by atoms with E-state index < -0.39 is 0 Å². The Morgan fingerprint density at radius 3 is 2.69 bits per heavy atom. The van der Waals surface area contributed by atoms with E-state index in [1.807, 2.05) is 0 Å². The van der Waals surface area contributed by atoms with E-state index in [2.05, 4.69) is 29.4 Å². The molecule has 3 nitrogen and oxygen atoms in total. The lowest BCUT2D eigenvalue weighted by Gasteiger charge is -2.15. The summed E-state index contributed by atoms with van der Waals surface area (Å²) >= 11 is 5.70. The van der Waals surface area contributed by atoms with Crippen molar-refractivity contribution in [2.24, 2.45) is 0 Å². The van der Waals surface area contributed by atoms with E-state index in [9.17, 15) is 0 Å². The quantitative estimate of drug-likeness (QED) is 0.811. The van der Waals surface area contributed by atoms with Gasteiger partial charge in [-0.15, -0.1) is 5.10 Å². The first-order valence-electron chi connectivity index (χ1n) is 4.51. The predicted octanol–water partition coefficient (Wildman–Crippen LogP) is 2.73. The smallest absolute Gasteiger partial charge is 0.153 e. The fraction of sp³-hybridized carbons (Fsp3) is 0.556. The molecule has 0 aromatic carbocycles. The van der Waals surface area contributed by atoms with Crippen LogP contribution in [0.5, 0.6) is 0 Å². The van der Waals surface area contributed by atoms with Gasteiger partial charge in [0.2, 0.25) is 0 Å². The number of rotatable bonds is 4. The van der Waals surface area contributed by atoms with E-state index in [0.717, 1.165) is 18.5 Å². The molecule has 0 amide bonds. The number of aromatic nitrogens is 2. The van der Waals surface area contributed by atoms with Gasteiger partial charge in [0.05, 0.1) is 11.9 Å². The van der Waals surface area contributed by atoms with Gasteiger partial charge in [-0.1, -0.05) is 25.4 Å². The van der Waals surface area contributed by atoms with Gasteiger partial charge in [-0.25, -0.2) is 0 Å². The predicted molar refractivity (Wildman–Crippen MR) is 55.0 cm³/mol. The Hall–Kier alpha value is -0.830. The second-order valence-corrected chi connectivity index (χ2v) is 3.31. The molecule has 0 aliphatic carbocycles. The molecule has 1 heterocycles. The molecule has 0 spiro atoms. The minimum atomic E-state index is 0.427. The van der Waals surface area contributed by atoms with Crippen LogP contribution in [0, 0.1) is 0 Å². The molecule has 1 aromatic rings. The molecule has 0 unspecified atom stereocenters. The highest BCUT2D eigenvalue weighted by Gasteiger charge is 2.03. The first-order chi connectivity index (χ1) is 6.26. The molecule has 1 aromatic heterocycles. The molecule has 0 aliphatic rings. The molecule has 4 heteroatoms. The topological polar surface area (TPSA) is 37.8 Å². The summed E-state index contributed by atoms with van der Waals surface area (Å²) in [6.07, 6.45) is 3.87. The van der Waals surface area contributed by atoms with Crippen molar-refractivity contribution in [1.29, 1.82) is 0 Å². The highest BCUT2D eigenvalue weighted by molar-refractivity contribution is 6.29. The summed E-state index contributed by atoms with van der Waals surface area (Å²) in [6.45, 7) is 4.30. The summed E-state index contributed by atoms with van der Waals surface area (Å²) in [5.41, 5.74) is 0.939. The molecule has 0 atom stereocenters. The first-order valence-corrected chi connectivity index (χ1v) is 4.88. The van der Waals surface area contributed by atoms with E-state index in [1.54, 1.807) is 12.3 Å². The zero-order valence-corrected chi connectivity index (χ0v) is 8.67. The van der Waals surface area contributed by atoms with Crippen molar-refractivity contribution in [1.82, 2.24) is 10.2 Å². The highest BCUT2D eigenvalue weighted by atomic mass is 35.5. The molecule has 0 bridgehead atoms. The zero-order valence-electron chi connectivity index (χ0n) is 7.92. The van der Waals surface area contributed by atoms with Crippen LogP contribution in [0.25, 0.3) is 0 Å². The maximum Gasteiger partial charge on any atom is 0.153 e. The van der Waals surface area contributed by atoms with Crippen LogP contribution < -0.4 is 5.32 Å². The number of halogens is 1. The normalized spacial score (nSPS) is 10.5. The number of nitrogens with one attached hydrogen (secondary N) is 1. The molecular weight excluding hydrogens is 186 g/mol. The average molecular weight is 200 g/mol. The molecule has 0 radical (unpaired) electrons. The van der Waals surface area contributed by atoms with Gasteiger partial charge in [-0.05, 0) is 12.8 Å². The second-order valence-electron chi connectivity index (χ2n) is 2.92. The lowest BCUT2D eigenvalue weighted by atomic mass is 10.2. The van der Waals surface area contributed by atoms with E-state index in [4.69, 9.17) is 11.6 Å². The van der Waals surface area contributed by atoms with Crippen LogP contribution >= 0.6 is 11.6 Å². The standard InChI is InChI=1S/C9H14ClN3/c1-3-7(4-2)12-8-5-9(10)13-11-6-8/h5-7H,3-4H2,1-2H3,(H,12,13). The molecule has 1 N–H and O–H groups in total. The molecule has 72 valence electrons.